The third-order valence-electron chi connectivity index (χ3n) is 5.15. The Hall–Kier alpha value is -3.03. The lowest BCUT2D eigenvalue weighted by Gasteiger charge is -2.20. The van der Waals surface area contributed by atoms with Gasteiger partial charge in [-0.25, -0.2) is 4.98 Å². The molecule has 6 nitrogen and oxygen atoms in total. The fourth-order valence-electron chi connectivity index (χ4n) is 3.40. The number of fused-ring (bicyclic) bond motifs is 1. The summed E-state index contributed by atoms with van der Waals surface area (Å²) in [5.41, 5.74) is 4.54. The standard InChI is InChI=1S/C26H29ClN4O2S/c1-7-9-22(30(3)4)19-12-17(2)29-26-18(19)10-8-11-23(26)33-15-20-21(27)13-28-14-24(20)34-16-25(32)31(5)6/h7-14H,1,15-16H2,2-6H3/b22-9-. The second-order valence-electron chi connectivity index (χ2n) is 8.11. The van der Waals surface area contributed by atoms with Crippen LogP contribution < -0.4 is 4.74 Å². The third kappa shape index (κ3) is 5.90. The van der Waals surface area contributed by atoms with Gasteiger partial charge in [0.05, 0.1) is 10.8 Å². The number of amides is 1. The second-order valence-corrected chi connectivity index (χ2v) is 9.53. The molecule has 0 radical (unpaired) electrons. The predicted molar refractivity (Wildman–Crippen MR) is 141 cm³/mol. The van der Waals surface area contributed by atoms with Crippen LogP contribution in [-0.2, 0) is 11.4 Å². The summed E-state index contributed by atoms with van der Waals surface area (Å²) in [5, 5.41) is 1.48. The Kier molecular flexibility index (Phi) is 8.58. The maximum Gasteiger partial charge on any atom is 0.232 e. The highest BCUT2D eigenvalue weighted by Crippen LogP contribution is 2.34. The van der Waals surface area contributed by atoms with E-state index in [4.69, 9.17) is 21.3 Å². The lowest BCUT2D eigenvalue weighted by atomic mass is 10.0. The molecule has 0 bridgehead atoms. The molecule has 0 aliphatic heterocycles. The first-order valence-corrected chi connectivity index (χ1v) is 12.1. The molecule has 0 N–H and O–H groups in total. The van der Waals surface area contributed by atoms with Crippen molar-refractivity contribution >= 4 is 45.9 Å². The van der Waals surface area contributed by atoms with Crippen molar-refractivity contribution in [1.82, 2.24) is 19.8 Å². The van der Waals surface area contributed by atoms with Gasteiger partial charge in [0.25, 0.3) is 0 Å². The number of carbonyl (C=O) groups is 1. The van der Waals surface area contributed by atoms with E-state index in [1.807, 2.05) is 45.3 Å². The van der Waals surface area contributed by atoms with Crippen LogP contribution in [0.4, 0.5) is 0 Å². The van der Waals surface area contributed by atoms with Gasteiger partial charge in [0.1, 0.15) is 17.9 Å². The Balaban J connectivity index is 1.96. The van der Waals surface area contributed by atoms with E-state index in [1.54, 1.807) is 37.5 Å². The van der Waals surface area contributed by atoms with Crippen LogP contribution in [-0.4, -0.2) is 59.6 Å². The van der Waals surface area contributed by atoms with Crippen LogP contribution >= 0.6 is 23.4 Å². The van der Waals surface area contributed by atoms with E-state index in [1.165, 1.54) is 11.8 Å². The van der Waals surface area contributed by atoms with Crippen molar-refractivity contribution in [3.05, 3.63) is 77.2 Å². The Labute approximate surface area is 210 Å². The van der Waals surface area contributed by atoms with Crippen molar-refractivity contribution in [2.24, 2.45) is 0 Å². The maximum absolute atomic E-state index is 12.0. The normalized spacial score (nSPS) is 11.4. The minimum Gasteiger partial charge on any atom is -0.487 e. The average molecular weight is 497 g/mol. The summed E-state index contributed by atoms with van der Waals surface area (Å²) in [4.78, 5) is 25.4. The fraction of sp³-hybridized carbons (Fsp3) is 0.269. The van der Waals surface area contributed by atoms with Crippen LogP contribution in [0.15, 0.2) is 60.3 Å². The van der Waals surface area contributed by atoms with Gasteiger partial charge in [0, 0.05) is 73.4 Å². The van der Waals surface area contributed by atoms with E-state index in [0.29, 0.717) is 16.5 Å². The van der Waals surface area contributed by atoms with Gasteiger partial charge in [-0.1, -0.05) is 36.4 Å². The summed E-state index contributed by atoms with van der Waals surface area (Å²) < 4.78 is 6.25. The summed E-state index contributed by atoms with van der Waals surface area (Å²) >= 11 is 7.86. The summed E-state index contributed by atoms with van der Waals surface area (Å²) in [6.07, 6.45) is 7.07. The molecule has 0 saturated carbocycles. The van der Waals surface area contributed by atoms with Crippen LogP contribution in [0, 0.1) is 6.92 Å². The molecule has 0 fully saturated rings. The topological polar surface area (TPSA) is 58.6 Å². The molecule has 34 heavy (non-hydrogen) atoms. The molecule has 8 heteroatoms. The number of allylic oxidation sites excluding steroid dienone is 2. The number of para-hydroxylation sites is 1. The zero-order valence-electron chi connectivity index (χ0n) is 20.1. The van der Waals surface area contributed by atoms with E-state index in [0.717, 1.165) is 38.3 Å². The fourth-order valence-corrected chi connectivity index (χ4v) is 4.68. The third-order valence-corrected chi connectivity index (χ3v) is 6.53. The van der Waals surface area contributed by atoms with Crippen molar-refractivity contribution in [2.45, 2.75) is 18.4 Å². The summed E-state index contributed by atoms with van der Waals surface area (Å²) in [5.74, 6) is 0.971. The number of ether oxygens (including phenoxy) is 1. The Bertz CT molecular complexity index is 1240. The number of hydrogen-bond acceptors (Lipinski definition) is 6. The van der Waals surface area contributed by atoms with Gasteiger partial charge < -0.3 is 14.5 Å². The molecular formula is C26H29ClN4O2S. The Morgan fingerprint density at radius 3 is 2.65 bits per heavy atom. The molecule has 0 saturated heterocycles. The first-order valence-electron chi connectivity index (χ1n) is 10.7. The number of aryl methyl sites for hydroxylation is 1. The largest absolute Gasteiger partial charge is 0.487 e. The lowest BCUT2D eigenvalue weighted by Crippen LogP contribution is -2.23. The highest BCUT2D eigenvalue weighted by Gasteiger charge is 2.16. The Morgan fingerprint density at radius 1 is 1.21 bits per heavy atom. The summed E-state index contributed by atoms with van der Waals surface area (Å²) in [7, 11) is 7.48. The molecule has 0 atom stereocenters. The minimum atomic E-state index is 0.0161. The lowest BCUT2D eigenvalue weighted by molar-refractivity contribution is -0.125. The molecule has 3 rings (SSSR count). The van der Waals surface area contributed by atoms with Crippen molar-refractivity contribution < 1.29 is 9.53 Å². The van der Waals surface area contributed by atoms with Crippen LogP contribution in [0.3, 0.4) is 0 Å². The number of thioether (sulfide) groups is 1. The first kappa shape index (κ1) is 25.6. The number of hydrogen-bond donors (Lipinski definition) is 0. The van der Waals surface area contributed by atoms with Crippen LogP contribution in [0.2, 0.25) is 5.02 Å². The van der Waals surface area contributed by atoms with E-state index in [2.05, 4.69) is 22.5 Å². The number of benzene rings is 1. The number of aromatic nitrogens is 2. The molecular weight excluding hydrogens is 468 g/mol. The average Bonchev–Trinajstić information content (AvgIpc) is 2.79. The highest BCUT2D eigenvalue weighted by molar-refractivity contribution is 8.00. The molecule has 2 heterocycles. The van der Waals surface area contributed by atoms with Crippen molar-refractivity contribution in [3.8, 4) is 5.75 Å². The van der Waals surface area contributed by atoms with Crippen LogP contribution in [0.1, 0.15) is 16.8 Å². The molecule has 0 aliphatic rings. The quantitative estimate of drug-likeness (QED) is 0.290. The van der Waals surface area contributed by atoms with E-state index < -0.39 is 0 Å². The highest BCUT2D eigenvalue weighted by atomic mass is 35.5. The SMILES string of the molecule is C=C/C=C(/c1cc(C)nc2c(OCc3c(Cl)cncc3SCC(=O)N(C)C)cccc12)N(C)C. The van der Waals surface area contributed by atoms with Gasteiger partial charge in [0.2, 0.25) is 5.91 Å². The van der Waals surface area contributed by atoms with Crippen LogP contribution in [0.25, 0.3) is 16.6 Å². The molecule has 178 valence electrons. The van der Waals surface area contributed by atoms with Gasteiger partial charge in [0.15, 0.2) is 0 Å². The van der Waals surface area contributed by atoms with Crippen molar-refractivity contribution in [3.63, 3.8) is 0 Å². The number of pyridine rings is 2. The maximum atomic E-state index is 12.0. The zero-order valence-corrected chi connectivity index (χ0v) is 21.7. The van der Waals surface area contributed by atoms with Crippen molar-refractivity contribution in [1.29, 1.82) is 0 Å². The number of nitrogens with zero attached hydrogens (tertiary/aromatic N) is 4. The van der Waals surface area contributed by atoms with Gasteiger partial charge in [-0.15, -0.1) is 11.8 Å². The molecule has 3 aromatic rings. The Morgan fingerprint density at radius 2 is 1.97 bits per heavy atom. The number of rotatable bonds is 9. The van der Waals surface area contributed by atoms with Crippen LogP contribution in [0.5, 0.6) is 5.75 Å². The van der Waals surface area contributed by atoms with Gasteiger partial charge in [-0.05, 0) is 25.1 Å². The van der Waals surface area contributed by atoms with E-state index >= 15 is 0 Å². The second kappa shape index (κ2) is 11.4. The molecule has 1 amide bonds. The molecule has 2 aromatic heterocycles. The zero-order chi connectivity index (χ0) is 24.8. The molecule has 1 aromatic carbocycles. The monoisotopic (exact) mass is 496 g/mol. The molecule has 0 spiro atoms. The smallest absolute Gasteiger partial charge is 0.232 e. The minimum absolute atomic E-state index is 0.0161. The number of halogens is 1. The van der Waals surface area contributed by atoms with Gasteiger partial charge in [-0.3, -0.25) is 9.78 Å². The van der Waals surface area contributed by atoms with Gasteiger partial charge >= 0.3 is 0 Å². The molecule has 0 unspecified atom stereocenters. The number of carbonyl (C=O) groups excluding carboxylic acids is 1. The summed E-state index contributed by atoms with van der Waals surface area (Å²) in [6, 6.07) is 7.97. The first-order chi connectivity index (χ1) is 16.2. The summed E-state index contributed by atoms with van der Waals surface area (Å²) in [6.45, 7) is 6.06. The van der Waals surface area contributed by atoms with Crippen molar-refractivity contribution in [2.75, 3.05) is 33.9 Å². The van der Waals surface area contributed by atoms with Gasteiger partial charge in [-0.2, -0.15) is 0 Å². The predicted octanol–water partition coefficient (Wildman–Crippen LogP) is 5.44. The van der Waals surface area contributed by atoms with E-state index in [9.17, 15) is 4.79 Å². The molecule has 0 aliphatic carbocycles. The van der Waals surface area contributed by atoms with E-state index in [-0.39, 0.29) is 12.5 Å².